The monoisotopic (exact) mass is 252 g/mol. The van der Waals surface area contributed by atoms with Crippen molar-refractivity contribution in [2.24, 2.45) is 0 Å². The van der Waals surface area contributed by atoms with Crippen LogP contribution >= 0.6 is 0 Å². The van der Waals surface area contributed by atoms with Gasteiger partial charge in [0.25, 0.3) is 0 Å². The molecule has 1 N–H and O–H groups in total. The lowest BCUT2D eigenvalue weighted by Gasteiger charge is -2.07. The zero-order chi connectivity index (χ0) is 13.7. The van der Waals surface area contributed by atoms with Gasteiger partial charge in [0.05, 0.1) is 11.6 Å². The van der Waals surface area contributed by atoms with E-state index in [0.717, 1.165) is 5.56 Å². The van der Waals surface area contributed by atoms with Crippen LogP contribution in [0.1, 0.15) is 11.1 Å². The van der Waals surface area contributed by atoms with E-state index in [1.165, 1.54) is 0 Å². The van der Waals surface area contributed by atoms with Crippen molar-refractivity contribution in [2.75, 3.05) is 5.32 Å². The number of carbonyl (C=O) groups excluding carboxylic acids is 1. The van der Waals surface area contributed by atoms with Gasteiger partial charge in [-0.2, -0.15) is 5.26 Å². The third kappa shape index (κ3) is 3.58. The number of ether oxygens (including phenoxy) is 1. The van der Waals surface area contributed by atoms with Gasteiger partial charge in [-0.1, -0.05) is 12.1 Å². The number of nitriles is 1. The molecule has 0 fully saturated rings. The lowest BCUT2D eigenvalue weighted by Crippen LogP contribution is -2.16. The molecule has 19 heavy (non-hydrogen) atoms. The van der Waals surface area contributed by atoms with Gasteiger partial charge in [0.2, 0.25) is 0 Å². The molecule has 0 saturated carbocycles. The van der Waals surface area contributed by atoms with Crippen LogP contribution in [0.15, 0.2) is 48.5 Å². The van der Waals surface area contributed by atoms with E-state index in [2.05, 4.69) is 5.32 Å². The van der Waals surface area contributed by atoms with Gasteiger partial charge in [0, 0.05) is 5.69 Å². The number of hydrogen-bond acceptors (Lipinski definition) is 3. The molecule has 2 aromatic carbocycles. The highest BCUT2D eigenvalue weighted by Crippen LogP contribution is 2.14. The van der Waals surface area contributed by atoms with Crippen LogP contribution in [0, 0.1) is 18.3 Å². The van der Waals surface area contributed by atoms with Crippen LogP contribution in [0.2, 0.25) is 0 Å². The fourth-order valence-electron chi connectivity index (χ4n) is 1.57. The van der Waals surface area contributed by atoms with Gasteiger partial charge in [0.15, 0.2) is 0 Å². The molecule has 0 spiro atoms. The second-order valence-electron chi connectivity index (χ2n) is 4.02. The van der Waals surface area contributed by atoms with Crippen molar-refractivity contribution in [3.05, 3.63) is 59.7 Å². The van der Waals surface area contributed by atoms with E-state index < -0.39 is 6.09 Å². The Morgan fingerprint density at radius 1 is 1.21 bits per heavy atom. The van der Waals surface area contributed by atoms with E-state index in [4.69, 9.17) is 10.00 Å². The van der Waals surface area contributed by atoms with Gasteiger partial charge in [-0.15, -0.1) is 0 Å². The lowest BCUT2D eigenvalue weighted by atomic mass is 10.2. The summed E-state index contributed by atoms with van der Waals surface area (Å²) in [6, 6.07) is 15.8. The minimum atomic E-state index is -0.560. The van der Waals surface area contributed by atoms with Crippen LogP contribution in [-0.4, -0.2) is 6.09 Å². The molecule has 94 valence electrons. The SMILES string of the molecule is Cc1cccc(NC(=O)Oc2ccc(C#N)cc2)c1. The van der Waals surface area contributed by atoms with Gasteiger partial charge in [-0.25, -0.2) is 4.79 Å². The van der Waals surface area contributed by atoms with Gasteiger partial charge in [-0.3, -0.25) is 5.32 Å². The fraction of sp³-hybridized carbons (Fsp3) is 0.0667. The van der Waals surface area contributed by atoms with Crippen molar-refractivity contribution in [1.29, 1.82) is 5.26 Å². The Bertz CT molecular complexity index is 627. The molecule has 0 saturated heterocycles. The second-order valence-corrected chi connectivity index (χ2v) is 4.02. The summed E-state index contributed by atoms with van der Waals surface area (Å²) in [4.78, 5) is 11.6. The molecule has 1 amide bonds. The summed E-state index contributed by atoms with van der Waals surface area (Å²) in [5, 5.41) is 11.3. The first-order valence-electron chi connectivity index (χ1n) is 5.73. The highest BCUT2D eigenvalue weighted by molar-refractivity contribution is 5.86. The fourth-order valence-corrected chi connectivity index (χ4v) is 1.57. The lowest BCUT2D eigenvalue weighted by molar-refractivity contribution is 0.215. The molecule has 2 rings (SSSR count). The maximum atomic E-state index is 11.6. The number of hydrogen-bond donors (Lipinski definition) is 1. The van der Waals surface area contributed by atoms with E-state index >= 15 is 0 Å². The molecule has 4 heteroatoms. The van der Waals surface area contributed by atoms with Crippen LogP contribution in [0.4, 0.5) is 10.5 Å². The van der Waals surface area contributed by atoms with Crippen molar-refractivity contribution in [2.45, 2.75) is 6.92 Å². The third-order valence-electron chi connectivity index (χ3n) is 2.46. The molecule has 0 bridgehead atoms. The number of rotatable bonds is 2. The summed E-state index contributed by atoms with van der Waals surface area (Å²) in [7, 11) is 0. The van der Waals surface area contributed by atoms with E-state index in [1.807, 2.05) is 31.2 Å². The minimum Gasteiger partial charge on any atom is -0.410 e. The summed E-state index contributed by atoms with van der Waals surface area (Å²) in [6.07, 6.45) is -0.560. The maximum Gasteiger partial charge on any atom is 0.417 e. The molecule has 2 aromatic rings. The van der Waals surface area contributed by atoms with Crippen molar-refractivity contribution in [1.82, 2.24) is 0 Å². The molecule has 0 unspecified atom stereocenters. The van der Waals surface area contributed by atoms with Gasteiger partial charge >= 0.3 is 6.09 Å². The van der Waals surface area contributed by atoms with Crippen molar-refractivity contribution in [3.8, 4) is 11.8 Å². The van der Waals surface area contributed by atoms with Crippen molar-refractivity contribution < 1.29 is 9.53 Å². The number of amides is 1. The molecule has 0 heterocycles. The molecule has 0 aliphatic rings. The molecule has 0 aliphatic heterocycles. The second kappa shape index (κ2) is 5.69. The first-order valence-corrected chi connectivity index (χ1v) is 5.73. The number of carbonyl (C=O) groups is 1. The van der Waals surface area contributed by atoms with E-state index in [-0.39, 0.29) is 0 Å². The highest BCUT2D eigenvalue weighted by atomic mass is 16.6. The molecular weight excluding hydrogens is 240 g/mol. The first kappa shape index (κ1) is 12.7. The number of anilines is 1. The Morgan fingerprint density at radius 2 is 1.95 bits per heavy atom. The summed E-state index contributed by atoms with van der Waals surface area (Å²) in [5.41, 5.74) is 2.25. The van der Waals surface area contributed by atoms with Gasteiger partial charge in [-0.05, 0) is 48.9 Å². The van der Waals surface area contributed by atoms with Gasteiger partial charge in [0.1, 0.15) is 5.75 Å². The minimum absolute atomic E-state index is 0.393. The van der Waals surface area contributed by atoms with E-state index in [0.29, 0.717) is 17.0 Å². The zero-order valence-electron chi connectivity index (χ0n) is 10.4. The van der Waals surface area contributed by atoms with Crippen LogP contribution in [0.5, 0.6) is 5.75 Å². The van der Waals surface area contributed by atoms with E-state index in [1.54, 1.807) is 30.3 Å². The predicted molar refractivity (Wildman–Crippen MR) is 72.0 cm³/mol. The normalized spacial score (nSPS) is 9.47. The van der Waals surface area contributed by atoms with Crippen LogP contribution in [-0.2, 0) is 0 Å². The average Bonchev–Trinajstić information content (AvgIpc) is 2.39. The average molecular weight is 252 g/mol. The summed E-state index contributed by atoms with van der Waals surface area (Å²) < 4.78 is 5.10. The first-order chi connectivity index (χ1) is 9.17. The van der Waals surface area contributed by atoms with Crippen molar-refractivity contribution in [3.63, 3.8) is 0 Å². The molecule has 0 atom stereocenters. The quantitative estimate of drug-likeness (QED) is 0.890. The number of nitrogens with zero attached hydrogens (tertiary/aromatic N) is 1. The molecule has 0 aliphatic carbocycles. The highest BCUT2D eigenvalue weighted by Gasteiger charge is 2.05. The van der Waals surface area contributed by atoms with Gasteiger partial charge < -0.3 is 4.74 Å². The smallest absolute Gasteiger partial charge is 0.410 e. The standard InChI is InChI=1S/C15H12N2O2/c1-11-3-2-4-13(9-11)17-15(18)19-14-7-5-12(10-16)6-8-14/h2-9H,1H3,(H,17,18). The zero-order valence-corrected chi connectivity index (χ0v) is 10.4. The Kier molecular flexibility index (Phi) is 3.79. The van der Waals surface area contributed by atoms with Crippen molar-refractivity contribution >= 4 is 11.8 Å². The predicted octanol–water partition coefficient (Wildman–Crippen LogP) is 3.48. The number of aryl methyl sites for hydroxylation is 1. The Balaban J connectivity index is 1.99. The topological polar surface area (TPSA) is 62.1 Å². The molecular formula is C15H12N2O2. The number of benzene rings is 2. The Morgan fingerprint density at radius 3 is 2.58 bits per heavy atom. The summed E-state index contributed by atoms with van der Waals surface area (Å²) >= 11 is 0. The van der Waals surface area contributed by atoms with Crippen LogP contribution in [0.25, 0.3) is 0 Å². The molecule has 4 nitrogen and oxygen atoms in total. The maximum absolute atomic E-state index is 11.6. The molecule has 0 radical (unpaired) electrons. The van der Waals surface area contributed by atoms with Crippen LogP contribution < -0.4 is 10.1 Å². The summed E-state index contributed by atoms with van der Waals surface area (Å²) in [5.74, 6) is 0.393. The third-order valence-corrected chi connectivity index (χ3v) is 2.46. The molecule has 0 aromatic heterocycles. The number of nitrogens with one attached hydrogen (secondary N) is 1. The Hall–Kier alpha value is -2.80. The Labute approximate surface area is 111 Å². The largest absolute Gasteiger partial charge is 0.417 e. The summed E-state index contributed by atoms with van der Waals surface area (Å²) in [6.45, 7) is 1.94. The van der Waals surface area contributed by atoms with Crippen LogP contribution in [0.3, 0.4) is 0 Å². The van der Waals surface area contributed by atoms with E-state index in [9.17, 15) is 4.79 Å².